The van der Waals surface area contributed by atoms with Crippen LogP contribution >= 0.6 is 12.6 Å². The predicted octanol–water partition coefficient (Wildman–Crippen LogP) is 0.0971. The van der Waals surface area contributed by atoms with Gasteiger partial charge in [0.2, 0.25) is 0 Å². The fourth-order valence-corrected chi connectivity index (χ4v) is 0.428. The summed E-state index contributed by atoms with van der Waals surface area (Å²) >= 11 is 3.80. The standard InChI is InChI=1S/C4H9NOS/c1-3(7)2-4(5)6/h4,6-7H,1-2,5H2. The van der Waals surface area contributed by atoms with Gasteiger partial charge in [-0.1, -0.05) is 6.58 Å². The Kier molecular flexibility index (Phi) is 3.07. The summed E-state index contributed by atoms with van der Waals surface area (Å²) in [6, 6.07) is 0. The molecule has 42 valence electrons. The third-order valence-electron chi connectivity index (χ3n) is 0.445. The Labute approximate surface area is 48.4 Å². The second kappa shape index (κ2) is 3.07. The summed E-state index contributed by atoms with van der Waals surface area (Å²) in [7, 11) is 0. The Morgan fingerprint density at radius 2 is 2.43 bits per heavy atom. The third-order valence-corrected chi connectivity index (χ3v) is 0.627. The van der Waals surface area contributed by atoms with Crippen LogP contribution in [-0.4, -0.2) is 11.3 Å². The van der Waals surface area contributed by atoms with Crippen LogP contribution in [0.3, 0.4) is 0 Å². The van der Waals surface area contributed by atoms with Crippen LogP contribution in [0.15, 0.2) is 11.5 Å². The van der Waals surface area contributed by atoms with E-state index < -0.39 is 6.23 Å². The van der Waals surface area contributed by atoms with E-state index in [1.165, 1.54) is 0 Å². The third kappa shape index (κ3) is 6.01. The smallest absolute Gasteiger partial charge is 0.106 e. The first-order valence-electron chi connectivity index (χ1n) is 1.93. The van der Waals surface area contributed by atoms with E-state index in [9.17, 15) is 0 Å². The van der Waals surface area contributed by atoms with Gasteiger partial charge in [-0.25, -0.2) is 0 Å². The van der Waals surface area contributed by atoms with Crippen LogP contribution in [0.4, 0.5) is 0 Å². The highest BCUT2D eigenvalue weighted by Crippen LogP contribution is 2.01. The number of nitrogens with two attached hydrogens (primary N) is 1. The minimum absolute atomic E-state index is 0.364. The summed E-state index contributed by atoms with van der Waals surface area (Å²) in [6.45, 7) is 3.42. The average molecular weight is 119 g/mol. The highest BCUT2D eigenvalue weighted by Gasteiger charge is 1.92. The molecule has 3 N–H and O–H groups in total. The summed E-state index contributed by atoms with van der Waals surface area (Å²) in [5.41, 5.74) is 4.94. The van der Waals surface area contributed by atoms with Gasteiger partial charge < -0.3 is 10.8 Å². The molecule has 0 aromatic carbocycles. The first-order chi connectivity index (χ1) is 3.13. The largest absolute Gasteiger partial charge is 0.378 e. The molecule has 0 aliphatic carbocycles. The van der Waals surface area contributed by atoms with Crippen LogP contribution < -0.4 is 5.73 Å². The van der Waals surface area contributed by atoms with Gasteiger partial charge in [-0.15, -0.1) is 12.6 Å². The highest BCUT2D eigenvalue weighted by molar-refractivity contribution is 7.84. The van der Waals surface area contributed by atoms with Gasteiger partial charge in [0.25, 0.3) is 0 Å². The van der Waals surface area contributed by atoms with Gasteiger partial charge in [-0.05, 0) is 4.91 Å². The lowest BCUT2D eigenvalue weighted by Gasteiger charge is -1.99. The summed E-state index contributed by atoms with van der Waals surface area (Å²) in [6.07, 6.45) is -0.437. The molecule has 0 saturated heterocycles. The molecule has 0 aliphatic heterocycles. The van der Waals surface area contributed by atoms with Gasteiger partial charge in [0.15, 0.2) is 0 Å². The zero-order valence-electron chi connectivity index (χ0n) is 3.96. The van der Waals surface area contributed by atoms with Crippen molar-refractivity contribution in [3.05, 3.63) is 11.5 Å². The SMILES string of the molecule is C=C(S)CC(N)O. The molecular weight excluding hydrogens is 110 g/mol. The molecule has 0 bridgehead atoms. The Hall–Kier alpha value is 0.01000. The Morgan fingerprint density at radius 3 is 2.43 bits per heavy atom. The van der Waals surface area contributed by atoms with Gasteiger partial charge in [-0.3, -0.25) is 0 Å². The number of hydrogen-bond donors (Lipinski definition) is 3. The van der Waals surface area contributed by atoms with Crippen molar-refractivity contribution in [1.29, 1.82) is 0 Å². The number of hydrogen-bond acceptors (Lipinski definition) is 3. The first kappa shape index (κ1) is 7.01. The van der Waals surface area contributed by atoms with E-state index in [4.69, 9.17) is 10.8 Å². The Bertz CT molecular complexity index is 72.1. The van der Waals surface area contributed by atoms with Crippen molar-refractivity contribution in [1.82, 2.24) is 0 Å². The van der Waals surface area contributed by atoms with Gasteiger partial charge in [0, 0.05) is 6.42 Å². The molecular formula is C4H9NOS. The monoisotopic (exact) mass is 119 g/mol. The predicted molar refractivity (Wildman–Crippen MR) is 32.9 cm³/mol. The maximum absolute atomic E-state index is 8.39. The highest BCUT2D eigenvalue weighted by atomic mass is 32.1. The topological polar surface area (TPSA) is 46.2 Å². The van der Waals surface area contributed by atoms with Crippen LogP contribution in [-0.2, 0) is 0 Å². The lowest BCUT2D eigenvalue weighted by Crippen LogP contribution is -2.17. The number of aliphatic hydroxyl groups excluding tert-OH is 1. The lowest BCUT2D eigenvalue weighted by atomic mass is 10.4. The van der Waals surface area contributed by atoms with E-state index in [-0.39, 0.29) is 0 Å². The number of rotatable bonds is 2. The molecule has 0 aliphatic rings. The molecule has 0 aromatic heterocycles. The van der Waals surface area contributed by atoms with Crippen LogP contribution in [0.5, 0.6) is 0 Å². The first-order valence-corrected chi connectivity index (χ1v) is 2.38. The van der Waals surface area contributed by atoms with E-state index >= 15 is 0 Å². The fraction of sp³-hybridized carbons (Fsp3) is 0.500. The van der Waals surface area contributed by atoms with Crippen molar-refractivity contribution in [2.75, 3.05) is 0 Å². The van der Waals surface area contributed by atoms with Crippen LogP contribution in [0.1, 0.15) is 6.42 Å². The van der Waals surface area contributed by atoms with Gasteiger partial charge in [0.1, 0.15) is 6.23 Å². The molecule has 0 saturated carbocycles. The molecule has 0 spiro atoms. The molecule has 3 heteroatoms. The van der Waals surface area contributed by atoms with E-state index in [1.54, 1.807) is 0 Å². The summed E-state index contributed by atoms with van der Waals surface area (Å²) < 4.78 is 0. The summed E-state index contributed by atoms with van der Waals surface area (Å²) in [5, 5.41) is 8.39. The second-order valence-corrected chi connectivity index (χ2v) is 1.97. The molecule has 0 rings (SSSR count). The van der Waals surface area contributed by atoms with Crippen molar-refractivity contribution in [2.24, 2.45) is 5.73 Å². The molecule has 0 radical (unpaired) electrons. The van der Waals surface area contributed by atoms with E-state index in [2.05, 4.69) is 19.2 Å². The zero-order chi connectivity index (χ0) is 5.86. The van der Waals surface area contributed by atoms with Gasteiger partial charge in [0.05, 0.1) is 0 Å². The number of aliphatic hydroxyl groups is 1. The fourth-order valence-electron chi connectivity index (χ4n) is 0.241. The van der Waals surface area contributed by atoms with Crippen LogP contribution in [0, 0.1) is 0 Å². The maximum atomic E-state index is 8.39. The van der Waals surface area contributed by atoms with E-state index in [0.717, 1.165) is 0 Å². The summed E-state index contributed by atoms with van der Waals surface area (Å²) in [4.78, 5) is 0.606. The lowest BCUT2D eigenvalue weighted by molar-refractivity contribution is 0.185. The molecule has 0 heterocycles. The maximum Gasteiger partial charge on any atom is 0.106 e. The van der Waals surface area contributed by atoms with E-state index in [1.807, 2.05) is 0 Å². The van der Waals surface area contributed by atoms with Crippen molar-refractivity contribution in [3.8, 4) is 0 Å². The zero-order valence-corrected chi connectivity index (χ0v) is 4.86. The van der Waals surface area contributed by atoms with Crippen molar-refractivity contribution < 1.29 is 5.11 Å². The van der Waals surface area contributed by atoms with Crippen LogP contribution in [0.2, 0.25) is 0 Å². The van der Waals surface area contributed by atoms with Crippen molar-refractivity contribution >= 4 is 12.6 Å². The van der Waals surface area contributed by atoms with Crippen molar-refractivity contribution in [2.45, 2.75) is 12.6 Å². The normalized spacial score (nSPS) is 13.6. The summed E-state index contributed by atoms with van der Waals surface area (Å²) in [5.74, 6) is 0. The molecule has 1 unspecified atom stereocenters. The molecule has 7 heavy (non-hydrogen) atoms. The minimum atomic E-state index is -0.801. The molecule has 0 aromatic rings. The molecule has 1 atom stereocenters. The Balaban J connectivity index is 3.13. The van der Waals surface area contributed by atoms with Gasteiger partial charge >= 0.3 is 0 Å². The Morgan fingerprint density at radius 1 is 2.00 bits per heavy atom. The molecule has 0 fully saturated rings. The van der Waals surface area contributed by atoms with E-state index in [0.29, 0.717) is 11.3 Å². The quantitative estimate of drug-likeness (QED) is 0.356. The second-order valence-electron chi connectivity index (χ2n) is 1.34. The molecule has 2 nitrogen and oxygen atoms in total. The molecule has 0 amide bonds. The van der Waals surface area contributed by atoms with Crippen LogP contribution in [0.25, 0.3) is 0 Å². The van der Waals surface area contributed by atoms with Crippen molar-refractivity contribution in [3.63, 3.8) is 0 Å². The number of thiol groups is 1. The minimum Gasteiger partial charge on any atom is -0.378 e. The average Bonchev–Trinajstić information content (AvgIpc) is 1.27. The van der Waals surface area contributed by atoms with Gasteiger partial charge in [-0.2, -0.15) is 0 Å².